The molecular formula is C13H13N3O3. The molecule has 19 heavy (non-hydrogen) atoms. The molecule has 0 fully saturated rings. The summed E-state index contributed by atoms with van der Waals surface area (Å²) in [7, 11) is 0. The molecule has 0 unspecified atom stereocenters. The van der Waals surface area contributed by atoms with E-state index in [0.29, 0.717) is 5.69 Å². The third-order valence-electron chi connectivity index (χ3n) is 2.36. The van der Waals surface area contributed by atoms with Gasteiger partial charge in [0.15, 0.2) is 5.82 Å². The monoisotopic (exact) mass is 259 g/mol. The van der Waals surface area contributed by atoms with E-state index in [9.17, 15) is 4.79 Å². The standard InChI is InChI=1S/C13H13N3O3/c17-8-11-12(15-7-6-14-11)16-13(18)19-9-10-4-2-1-3-5-10/h1-7,17H,8-9H2,(H,15,16,18). The summed E-state index contributed by atoms with van der Waals surface area (Å²) in [5.74, 6) is 0.197. The average molecular weight is 259 g/mol. The fraction of sp³-hybridized carbons (Fsp3) is 0.154. The molecule has 0 aliphatic heterocycles. The quantitative estimate of drug-likeness (QED) is 0.873. The molecule has 0 atom stereocenters. The topological polar surface area (TPSA) is 84.3 Å². The van der Waals surface area contributed by atoms with Crippen LogP contribution in [0.15, 0.2) is 42.7 Å². The Bertz CT molecular complexity index is 546. The van der Waals surface area contributed by atoms with Crippen LogP contribution in [-0.2, 0) is 18.0 Å². The number of nitrogens with zero attached hydrogens (tertiary/aromatic N) is 2. The summed E-state index contributed by atoms with van der Waals surface area (Å²) in [6.45, 7) is -0.135. The zero-order chi connectivity index (χ0) is 13.5. The summed E-state index contributed by atoms with van der Waals surface area (Å²) < 4.78 is 5.03. The highest BCUT2D eigenvalue weighted by atomic mass is 16.5. The van der Waals surface area contributed by atoms with Crippen LogP contribution in [0.2, 0.25) is 0 Å². The number of aliphatic hydroxyl groups is 1. The lowest BCUT2D eigenvalue weighted by molar-refractivity contribution is 0.155. The first-order valence-electron chi connectivity index (χ1n) is 5.68. The number of amides is 1. The number of aromatic nitrogens is 2. The Morgan fingerprint density at radius 1 is 1.21 bits per heavy atom. The van der Waals surface area contributed by atoms with Gasteiger partial charge in [0.25, 0.3) is 0 Å². The Kier molecular flexibility index (Phi) is 4.41. The van der Waals surface area contributed by atoms with E-state index in [-0.39, 0.29) is 19.0 Å². The minimum Gasteiger partial charge on any atom is -0.444 e. The van der Waals surface area contributed by atoms with Gasteiger partial charge in [-0.15, -0.1) is 0 Å². The minimum atomic E-state index is -0.640. The van der Waals surface area contributed by atoms with Crippen LogP contribution < -0.4 is 5.32 Å². The third kappa shape index (κ3) is 3.75. The number of ether oxygens (including phenoxy) is 1. The number of carbonyl (C=O) groups is 1. The first-order chi connectivity index (χ1) is 9.29. The minimum absolute atomic E-state index is 0.168. The second-order valence-electron chi connectivity index (χ2n) is 3.70. The van der Waals surface area contributed by atoms with Gasteiger partial charge in [-0.2, -0.15) is 0 Å². The third-order valence-corrected chi connectivity index (χ3v) is 2.36. The summed E-state index contributed by atoms with van der Waals surface area (Å²) in [5, 5.41) is 11.5. The molecule has 0 bridgehead atoms. The zero-order valence-corrected chi connectivity index (χ0v) is 10.1. The van der Waals surface area contributed by atoms with Crippen molar-refractivity contribution in [2.24, 2.45) is 0 Å². The molecule has 1 heterocycles. The van der Waals surface area contributed by atoms with Crippen molar-refractivity contribution in [1.82, 2.24) is 9.97 Å². The van der Waals surface area contributed by atoms with E-state index in [1.165, 1.54) is 12.4 Å². The molecule has 2 rings (SSSR count). The molecule has 1 aromatic heterocycles. The van der Waals surface area contributed by atoms with Gasteiger partial charge >= 0.3 is 6.09 Å². The van der Waals surface area contributed by atoms with Crippen LogP contribution in [0.1, 0.15) is 11.3 Å². The Hall–Kier alpha value is -2.47. The average Bonchev–Trinajstić information content (AvgIpc) is 2.47. The number of benzene rings is 1. The van der Waals surface area contributed by atoms with E-state index in [4.69, 9.17) is 9.84 Å². The molecular weight excluding hydrogens is 246 g/mol. The number of rotatable bonds is 4. The molecule has 0 aliphatic rings. The van der Waals surface area contributed by atoms with Crippen molar-refractivity contribution in [3.05, 3.63) is 54.0 Å². The van der Waals surface area contributed by atoms with Gasteiger partial charge in [0.1, 0.15) is 12.3 Å². The maximum absolute atomic E-state index is 11.6. The number of hydrogen-bond acceptors (Lipinski definition) is 5. The van der Waals surface area contributed by atoms with E-state index in [1.54, 1.807) is 0 Å². The van der Waals surface area contributed by atoms with Crippen LogP contribution in [0.4, 0.5) is 10.6 Å². The number of aliphatic hydroxyl groups excluding tert-OH is 1. The molecule has 0 aliphatic carbocycles. The first kappa shape index (κ1) is 13.0. The molecule has 0 radical (unpaired) electrons. The van der Waals surface area contributed by atoms with E-state index < -0.39 is 6.09 Å². The van der Waals surface area contributed by atoms with Crippen LogP contribution >= 0.6 is 0 Å². The number of nitrogens with one attached hydrogen (secondary N) is 1. The van der Waals surface area contributed by atoms with Gasteiger partial charge in [0.2, 0.25) is 0 Å². The maximum Gasteiger partial charge on any atom is 0.413 e. The summed E-state index contributed by atoms with van der Waals surface area (Å²) in [5.41, 5.74) is 1.18. The van der Waals surface area contributed by atoms with E-state index in [1.807, 2.05) is 30.3 Å². The van der Waals surface area contributed by atoms with Gasteiger partial charge in [-0.25, -0.2) is 9.78 Å². The molecule has 1 aromatic carbocycles. The van der Waals surface area contributed by atoms with Crippen molar-refractivity contribution in [3.8, 4) is 0 Å². The van der Waals surface area contributed by atoms with Crippen molar-refractivity contribution in [2.75, 3.05) is 5.32 Å². The molecule has 98 valence electrons. The predicted octanol–water partition coefficient (Wildman–Crippen LogP) is 1.72. The molecule has 6 heteroatoms. The van der Waals surface area contributed by atoms with Crippen LogP contribution in [0.3, 0.4) is 0 Å². The highest BCUT2D eigenvalue weighted by molar-refractivity contribution is 5.83. The van der Waals surface area contributed by atoms with Crippen LogP contribution in [0.5, 0.6) is 0 Å². The SMILES string of the molecule is O=C(Nc1nccnc1CO)OCc1ccccc1. The fourth-order valence-electron chi connectivity index (χ4n) is 1.44. The summed E-state index contributed by atoms with van der Waals surface area (Å²) in [6, 6.07) is 9.33. The van der Waals surface area contributed by atoms with Crippen molar-refractivity contribution in [3.63, 3.8) is 0 Å². The highest BCUT2D eigenvalue weighted by Gasteiger charge is 2.09. The van der Waals surface area contributed by atoms with Gasteiger partial charge in [0, 0.05) is 12.4 Å². The Morgan fingerprint density at radius 2 is 1.95 bits per heavy atom. The van der Waals surface area contributed by atoms with Gasteiger partial charge in [-0.3, -0.25) is 10.3 Å². The van der Waals surface area contributed by atoms with Crippen molar-refractivity contribution < 1.29 is 14.6 Å². The molecule has 0 saturated carbocycles. The molecule has 0 saturated heterocycles. The maximum atomic E-state index is 11.6. The summed E-state index contributed by atoms with van der Waals surface area (Å²) >= 11 is 0. The number of carbonyl (C=O) groups excluding carboxylic acids is 1. The lowest BCUT2D eigenvalue weighted by atomic mass is 10.2. The lowest BCUT2D eigenvalue weighted by Crippen LogP contribution is -2.16. The van der Waals surface area contributed by atoms with Crippen molar-refractivity contribution in [1.29, 1.82) is 0 Å². The lowest BCUT2D eigenvalue weighted by Gasteiger charge is -2.08. The van der Waals surface area contributed by atoms with E-state index in [0.717, 1.165) is 5.56 Å². The predicted molar refractivity (Wildman–Crippen MR) is 68.2 cm³/mol. The van der Waals surface area contributed by atoms with Crippen LogP contribution in [0.25, 0.3) is 0 Å². The molecule has 6 nitrogen and oxygen atoms in total. The molecule has 1 amide bonds. The Labute approximate surface area is 110 Å². The van der Waals surface area contributed by atoms with Gasteiger partial charge in [-0.05, 0) is 5.56 Å². The second kappa shape index (κ2) is 6.46. The smallest absolute Gasteiger partial charge is 0.413 e. The van der Waals surface area contributed by atoms with Gasteiger partial charge in [-0.1, -0.05) is 30.3 Å². The fourth-order valence-corrected chi connectivity index (χ4v) is 1.44. The summed E-state index contributed by atoms with van der Waals surface area (Å²) in [6.07, 6.45) is 2.22. The highest BCUT2D eigenvalue weighted by Crippen LogP contribution is 2.09. The Morgan fingerprint density at radius 3 is 2.68 bits per heavy atom. The summed E-state index contributed by atoms with van der Waals surface area (Å²) in [4.78, 5) is 19.4. The van der Waals surface area contributed by atoms with Crippen molar-refractivity contribution >= 4 is 11.9 Å². The molecule has 2 N–H and O–H groups in total. The Balaban J connectivity index is 1.91. The molecule has 0 spiro atoms. The van der Waals surface area contributed by atoms with Gasteiger partial charge in [0.05, 0.1) is 6.61 Å². The second-order valence-corrected chi connectivity index (χ2v) is 3.70. The van der Waals surface area contributed by atoms with Crippen molar-refractivity contribution in [2.45, 2.75) is 13.2 Å². The number of anilines is 1. The zero-order valence-electron chi connectivity index (χ0n) is 10.1. The van der Waals surface area contributed by atoms with Crippen LogP contribution in [0, 0.1) is 0 Å². The first-order valence-corrected chi connectivity index (χ1v) is 5.68. The number of hydrogen-bond donors (Lipinski definition) is 2. The van der Waals surface area contributed by atoms with E-state index >= 15 is 0 Å². The molecule has 2 aromatic rings. The van der Waals surface area contributed by atoms with Crippen LogP contribution in [-0.4, -0.2) is 21.2 Å². The van der Waals surface area contributed by atoms with E-state index in [2.05, 4.69) is 15.3 Å². The largest absolute Gasteiger partial charge is 0.444 e. The normalized spacial score (nSPS) is 9.95. The van der Waals surface area contributed by atoms with Gasteiger partial charge < -0.3 is 9.84 Å².